The first-order valence-electron chi connectivity index (χ1n) is 7.93. The predicted molar refractivity (Wildman–Crippen MR) is 92.4 cm³/mol. The van der Waals surface area contributed by atoms with Gasteiger partial charge in [-0.05, 0) is 19.1 Å². The number of aromatic nitrogens is 6. The van der Waals surface area contributed by atoms with E-state index in [4.69, 9.17) is 4.98 Å². The Morgan fingerprint density at radius 1 is 1.04 bits per heavy atom. The van der Waals surface area contributed by atoms with E-state index in [1.807, 2.05) is 43.8 Å². The van der Waals surface area contributed by atoms with Crippen molar-refractivity contribution >= 4 is 11.0 Å². The van der Waals surface area contributed by atoms with Gasteiger partial charge >= 0.3 is 0 Å². The Kier molecular flexibility index (Phi) is 3.57. The molecule has 0 amide bonds. The van der Waals surface area contributed by atoms with Gasteiger partial charge in [0.2, 0.25) is 0 Å². The number of rotatable bonds is 4. The Bertz CT molecular complexity index is 970. The smallest absolute Gasteiger partial charge is 0.177 e. The number of fused-ring (bicyclic) bond motifs is 1. The SMILES string of the molecule is C[C@H](Cc1cnccn1)n1ccnc1-c1nc2ccccc2n1C. The third-order valence-corrected chi connectivity index (χ3v) is 4.25. The zero-order valence-corrected chi connectivity index (χ0v) is 13.7. The van der Waals surface area contributed by atoms with Crippen LogP contribution >= 0.6 is 0 Å². The molecule has 0 aliphatic carbocycles. The fourth-order valence-corrected chi connectivity index (χ4v) is 3.02. The van der Waals surface area contributed by atoms with Crippen LogP contribution in [0.15, 0.2) is 55.2 Å². The Morgan fingerprint density at radius 2 is 1.92 bits per heavy atom. The molecule has 0 aliphatic heterocycles. The van der Waals surface area contributed by atoms with Gasteiger partial charge in [-0.15, -0.1) is 0 Å². The molecule has 0 saturated heterocycles. The molecular weight excluding hydrogens is 300 g/mol. The van der Waals surface area contributed by atoms with E-state index in [9.17, 15) is 0 Å². The summed E-state index contributed by atoms with van der Waals surface area (Å²) in [6, 6.07) is 8.33. The molecule has 4 rings (SSSR count). The lowest BCUT2D eigenvalue weighted by Crippen LogP contribution is -2.11. The normalized spacial score (nSPS) is 12.6. The molecular formula is C18H18N6. The van der Waals surface area contributed by atoms with Crippen molar-refractivity contribution < 1.29 is 0 Å². The van der Waals surface area contributed by atoms with Crippen LogP contribution in [-0.2, 0) is 13.5 Å². The van der Waals surface area contributed by atoms with Crippen LogP contribution in [0.3, 0.4) is 0 Å². The van der Waals surface area contributed by atoms with Crippen LogP contribution in [0.4, 0.5) is 0 Å². The number of benzene rings is 1. The summed E-state index contributed by atoms with van der Waals surface area (Å²) >= 11 is 0. The third-order valence-electron chi connectivity index (χ3n) is 4.25. The highest BCUT2D eigenvalue weighted by molar-refractivity contribution is 5.79. The fraction of sp³-hybridized carbons (Fsp3) is 0.222. The van der Waals surface area contributed by atoms with Gasteiger partial charge in [0.25, 0.3) is 0 Å². The molecule has 0 unspecified atom stereocenters. The molecule has 24 heavy (non-hydrogen) atoms. The first kappa shape index (κ1) is 14.6. The summed E-state index contributed by atoms with van der Waals surface area (Å²) in [6.07, 6.45) is 9.83. The third kappa shape index (κ3) is 2.46. The molecule has 120 valence electrons. The van der Waals surface area contributed by atoms with Crippen molar-refractivity contribution in [3.8, 4) is 11.6 Å². The zero-order valence-electron chi connectivity index (χ0n) is 13.7. The van der Waals surface area contributed by atoms with E-state index in [-0.39, 0.29) is 6.04 Å². The predicted octanol–water partition coefficient (Wildman–Crippen LogP) is 3.03. The van der Waals surface area contributed by atoms with Crippen LogP contribution in [-0.4, -0.2) is 29.1 Å². The Morgan fingerprint density at radius 3 is 2.71 bits per heavy atom. The Balaban J connectivity index is 1.72. The largest absolute Gasteiger partial charge is 0.325 e. The summed E-state index contributed by atoms with van der Waals surface area (Å²) in [5, 5.41) is 0. The fourth-order valence-electron chi connectivity index (χ4n) is 3.02. The summed E-state index contributed by atoms with van der Waals surface area (Å²) in [5.41, 5.74) is 3.05. The van der Waals surface area contributed by atoms with E-state index in [1.165, 1.54) is 0 Å². The van der Waals surface area contributed by atoms with E-state index in [1.54, 1.807) is 12.4 Å². The maximum Gasteiger partial charge on any atom is 0.177 e. The van der Waals surface area contributed by atoms with E-state index >= 15 is 0 Å². The lowest BCUT2D eigenvalue weighted by Gasteiger charge is -2.15. The van der Waals surface area contributed by atoms with Crippen LogP contribution in [0.5, 0.6) is 0 Å². The second kappa shape index (κ2) is 5.88. The minimum absolute atomic E-state index is 0.207. The number of imidazole rings is 2. The quantitative estimate of drug-likeness (QED) is 0.580. The minimum Gasteiger partial charge on any atom is -0.325 e. The van der Waals surface area contributed by atoms with Gasteiger partial charge in [-0.3, -0.25) is 9.97 Å². The highest BCUT2D eigenvalue weighted by Gasteiger charge is 2.18. The van der Waals surface area contributed by atoms with Gasteiger partial charge in [0.05, 0.1) is 16.7 Å². The number of hydrogen-bond donors (Lipinski definition) is 0. The number of nitrogens with zero attached hydrogens (tertiary/aromatic N) is 6. The van der Waals surface area contributed by atoms with E-state index in [2.05, 4.69) is 37.1 Å². The second-order valence-corrected chi connectivity index (χ2v) is 5.89. The number of aryl methyl sites for hydroxylation is 1. The van der Waals surface area contributed by atoms with Gasteiger partial charge in [-0.1, -0.05) is 12.1 Å². The molecule has 6 nitrogen and oxygen atoms in total. The summed E-state index contributed by atoms with van der Waals surface area (Å²) in [5.74, 6) is 1.73. The molecule has 1 aromatic carbocycles. The topological polar surface area (TPSA) is 61.4 Å². The highest BCUT2D eigenvalue weighted by Crippen LogP contribution is 2.25. The average molecular weight is 318 g/mol. The lowest BCUT2D eigenvalue weighted by atomic mass is 10.2. The van der Waals surface area contributed by atoms with Gasteiger partial charge < -0.3 is 9.13 Å². The lowest BCUT2D eigenvalue weighted by molar-refractivity contribution is 0.540. The van der Waals surface area contributed by atoms with Crippen molar-refractivity contribution in [2.45, 2.75) is 19.4 Å². The first-order chi connectivity index (χ1) is 11.7. The summed E-state index contributed by atoms with van der Waals surface area (Å²) in [6.45, 7) is 2.16. The molecule has 0 saturated carbocycles. The van der Waals surface area contributed by atoms with E-state index in [0.29, 0.717) is 0 Å². The van der Waals surface area contributed by atoms with Crippen LogP contribution in [0.2, 0.25) is 0 Å². The zero-order chi connectivity index (χ0) is 16.5. The van der Waals surface area contributed by atoms with Gasteiger partial charge in [0.15, 0.2) is 11.6 Å². The molecule has 0 aliphatic rings. The molecule has 1 atom stereocenters. The molecule has 0 N–H and O–H groups in total. The number of hydrogen-bond acceptors (Lipinski definition) is 4. The first-order valence-corrected chi connectivity index (χ1v) is 7.93. The standard InChI is InChI=1S/C18H18N6/c1-13(11-14-12-19-7-8-20-14)24-10-9-21-17(24)18-22-15-5-3-4-6-16(15)23(18)2/h3-10,12-13H,11H2,1-2H3/t13-/m1/s1. The molecule has 4 aromatic rings. The highest BCUT2D eigenvalue weighted by atomic mass is 15.2. The molecule has 3 aromatic heterocycles. The van der Waals surface area contributed by atoms with Crippen molar-refractivity contribution in [3.05, 3.63) is 60.9 Å². The van der Waals surface area contributed by atoms with Crippen molar-refractivity contribution in [1.82, 2.24) is 29.1 Å². The number of para-hydroxylation sites is 2. The van der Waals surface area contributed by atoms with Gasteiger partial charge in [-0.2, -0.15) is 0 Å². The Hall–Kier alpha value is -3.02. The summed E-state index contributed by atoms with van der Waals surface area (Å²) < 4.78 is 4.24. The van der Waals surface area contributed by atoms with Crippen molar-refractivity contribution in [2.24, 2.45) is 7.05 Å². The summed E-state index contributed by atoms with van der Waals surface area (Å²) in [4.78, 5) is 17.8. The van der Waals surface area contributed by atoms with Crippen molar-refractivity contribution in [3.63, 3.8) is 0 Å². The molecule has 0 bridgehead atoms. The minimum atomic E-state index is 0.207. The van der Waals surface area contributed by atoms with Crippen LogP contribution in [0, 0.1) is 0 Å². The van der Waals surface area contributed by atoms with Crippen molar-refractivity contribution in [1.29, 1.82) is 0 Å². The average Bonchev–Trinajstić information content (AvgIpc) is 3.21. The second-order valence-electron chi connectivity index (χ2n) is 5.89. The molecule has 6 heteroatoms. The van der Waals surface area contributed by atoms with Gasteiger partial charge in [-0.25, -0.2) is 9.97 Å². The maximum atomic E-state index is 4.76. The monoisotopic (exact) mass is 318 g/mol. The molecule has 0 fully saturated rings. The molecule has 3 heterocycles. The maximum absolute atomic E-state index is 4.76. The van der Waals surface area contributed by atoms with Crippen LogP contribution in [0.1, 0.15) is 18.7 Å². The summed E-state index contributed by atoms with van der Waals surface area (Å²) in [7, 11) is 2.02. The van der Waals surface area contributed by atoms with E-state index in [0.717, 1.165) is 34.8 Å². The Labute approximate surface area is 139 Å². The van der Waals surface area contributed by atoms with E-state index < -0.39 is 0 Å². The molecule has 0 spiro atoms. The van der Waals surface area contributed by atoms with Gasteiger partial charge in [0, 0.05) is 50.5 Å². The van der Waals surface area contributed by atoms with Crippen LogP contribution < -0.4 is 0 Å². The van der Waals surface area contributed by atoms with Crippen LogP contribution in [0.25, 0.3) is 22.7 Å². The van der Waals surface area contributed by atoms with Crippen molar-refractivity contribution in [2.75, 3.05) is 0 Å². The van der Waals surface area contributed by atoms with Gasteiger partial charge in [0.1, 0.15) is 0 Å². The molecule has 0 radical (unpaired) electrons.